The Morgan fingerprint density at radius 2 is 1.96 bits per heavy atom. The standard InChI is InChI=1S/C20H21N3O/c21-11-15-4-2-14(3-5-15)10-17(12-22)19(24)23-13-20(8-1-9-20)18(23)16-6-7-16/h2-5,16-18H,1,6-10,13H2. The first-order chi connectivity index (χ1) is 11.7. The molecule has 122 valence electrons. The molecule has 1 aromatic carbocycles. The van der Waals surface area contributed by atoms with Crippen molar-refractivity contribution in [3.8, 4) is 12.1 Å². The first kappa shape index (κ1) is 15.2. The maximum absolute atomic E-state index is 12.9. The van der Waals surface area contributed by atoms with Crippen molar-refractivity contribution in [2.75, 3.05) is 6.54 Å². The Hall–Kier alpha value is -2.33. The van der Waals surface area contributed by atoms with E-state index in [9.17, 15) is 10.1 Å². The van der Waals surface area contributed by atoms with Gasteiger partial charge in [0.25, 0.3) is 0 Å². The van der Waals surface area contributed by atoms with Gasteiger partial charge in [0, 0.05) is 18.0 Å². The number of hydrogen-bond donors (Lipinski definition) is 0. The van der Waals surface area contributed by atoms with E-state index in [0.717, 1.165) is 12.1 Å². The van der Waals surface area contributed by atoms with E-state index in [1.165, 1.54) is 32.1 Å². The summed E-state index contributed by atoms with van der Waals surface area (Å²) in [5.41, 5.74) is 1.93. The number of rotatable bonds is 4. The van der Waals surface area contributed by atoms with E-state index in [1.807, 2.05) is 17.0 Å². The first-order valence-electron chi connectivity index (χ1n) is 8.86. The van der Waals surface area contributed by atoms with Crippen LogP contribution in [0.25, 0.3) is 0 Å². The van der Waals surface area contributed by atoms with E-state index in [0.29, 0.717) is 29.4 Å². The van der Waals surface area contributed by atoms with Crippen LogP contribution in [0.2, 0.25) is 0 Å². The van der Waals surface area contributed by atoms with Crippen molar-refractivity contribution < 1.29 is 4.79 Å². The van der Waals surface area contributed by atoms with Crippen LogP contribution in [-0.4, -0.2) is 23.4 Å². The molecule has 4 rings (SSSR count). The minimum absolute atomic E-state index is 0.0104. The first-order valence-corrected chi connectivity index (χ1v) is 8.86. The second-order valence-electron chi connectivity index (χ2n) is 7.66. The molecule has 1 spiro atoms. The average Bonchev–Trinajstić information content (AvgIpc) is 3.35. The van der Waals surface area contributed by atoms with Crippen molar-refractivity contribution in [1.29, 1.82) is 10.5 Å². The third-order valence-electron chi connectivity index (χ3n) is 6.13. The molecule has 0 bridgehead atoms. The summed E-state index contributed by atoms with van der Waals surface area (Å²) in [6, 6.07) is 11.9. The van der Waals surface area contributed by atoms with Crippen LogP contribution in [0.3, 0.4) is 0 Å². The number of likely N-dealkylation sites (tertiary alicyclic amines) is 1. The van der Waals surface area contributed by atoms with Gasteiger partial charge in [-0.1, -0.05) is 18.6 Å². The van der Waals surface area contributed by atoms with Crippen LogP contribution in [-0.2, 0) is 11.2 Å². The molecule has 1 aromatic rings. The number of carbonyl (C=O) groups is 1. The highest BCUT2D eigenvalue weighted by Gasteiger charge is 2.62. The van der Waals surface area contributed by atoms with E-state index >= 15 is 0 Å². The molecule has 2 unspecified atom stereocenters. The number of nitriles is 2. The molecule has 3 aliphatic rings. The predicted molar refractivity (Wildman–Crippen MR) is 88.5 cm³/mol. The van der Waals surface area contributed by atoms with Crippen LogP contribution in [0, 0.1) is 39.9 Å². The zero-order valence-electron chi connectivity index (χ0n) is 13.7. The quantitative estimate of drug-likeness (QED) is 0.856. The second kappa shape index (κ2) is 5.64. The number of carbonyl (C=O) groups excluding carboxylic acids is 1. The smallest absolute Gasteiger partial charge is 0.240 e. The van der Waals surface area contributed by atoms with Crippen LogP contribution in [0.4, 0.5) is 0 Å². The summed E-state index contributed by atoms with van der Waals surface area (Å²) in [6.45, 7) is 0.860. The largest absolute Gasteiger partial charge is 0.337 e. The monoisotopic (exact) mass is 319 g/mol. The Kier molecular flexibility index (Phi) is 3.57. The van der Waals surface area contributed by atoms with Crippen LogP contribution < -0.4 is 0 Å². The molecule has 4 nitrogen and oxygen atoms in total. The molecular weight excluding hydrogens is 298 g/mol. The van der Waals surface area contributed by atoms with E-state index in [4.69, 9.17) is 5.26 Å². The molecular formula is C20H21N3O. The lowest BCUT2D eigenvalue weighted by molar-refractivity contribution is -0.173. The zero-order chi connectivity index (χ0) is 16.7. The van der Waals surface area contributed by atoms with Crippen LogP contribution in [0.15, 0.2) is 24.3 Å². The number of amides is 1. The summed E-state index contributed by atoms with van der Waals surface area (Å²) >= 11 is 0. The molecule has 0 N–H and O–H groups in total. The third kappa shape index (κ3) is 2.38. The Balaban J connectivity index is 1.46. The zero-order valence-corrected chi connectivity index (χ0v) is 13.7. The minimum Gasteiger partial charge on any atom is -0.337 e. The van der Waals surface area contributed by atoms with Gasteiger partial charge in [0.2, 0.25) is 5.91 Å². The molecule has 0 aromatic heterocycles. The van der Waals surface area contributed by atoms with Crippen molar-refractivity contribution in [3.05, 3.63) is 35.4 Å². The molecule has 4 heteroatoms. The summed E-state index contributed by atoms with van der Waals surface area (Å²) in [5, 5.41) is 18.4. The molecule has 2 atom stereocenters. The highest BCUT2D eigenvalue weighted by molar-refractivity contribution is 5.83. The van der Waals surface area contributed by atoms with Gasteiger partial charge in [-0.25, -0.2) is 0 Å². The fourth-order valence-corrected chi connectivity index (χ4v) is 4.55. The van der Waals surface area contributed by atoms with Gasteiger partial charge in [-0.05, 0) is 55.7 Å². The maximum atomic E-state index is 12.9. The molecule has 0 radical (unpaired) electrons. The molecule has 3 fully saturated rings. The van der Waals surface area contributed by atoms with Gasteiger partial charge in [-0.2, -0.15) is 10.5 Å². The van der Waals surface area contributed by atoms with Crippen molar-refractivity contribution >= 4 is 5.91 Å². The van der Waals surface area contributed by atoms with Crippen LogP contribution >= 0.6 is 0 Å². The highest BCUT2D eigenvalue weighted by atomic mass is 16.2. The summed E-state index contributed by atoms with van der Waals surface area (Å²) in [4.78, 5) is 14.9. The molecule has 2 saturated carbocycles. The van der Waals surface area contributed by atoms with E-state index in [-0.39, 0.29) is 5.91 Å². The van der Waals surface area contributed by atoms with Crippen molar-refractivity contribution in [2.45, 2.75) is 44.6 Å². The van der Waals surface area contributed by atoms with E-state index < -0.39 is 5.92 Å². The normalized spacial score (nSPS) is 25.1. The lowest BCUT2D eigenvalue weighted by Crippen LogP contribution is -2.70. The second-order valence-corrected chi connectivity index (χ2v) is 7.66. The van der Waals surface area contributed by atoms with Crippen LogP contribution in [0.1, 0.15) is 43.2 Å². The number of nitrogens with zero attached hydrogens (tertiary/aromatic N) is 3. The molecule has 2 aliphatic carbocycles. The minimum atomic E-state index is -0.614. The fourth-order valence-electron chi connectivity index (χ4n) is 4.55. The Morgan fingerprint density at radius 3 is 2.46 bits per heavy atom. The Bertz CT molecular complexity index is 732. The fraction of sp³-hybridized carbons (Fsp3) is 0.550. The van der Waals surface area contributed by atoms with Gasteiger partial charge < -0.3 is 4.90 Å². The van der Waals surface area contributed by atoms with Gasteiger partial charge in [-0.3, -0.25) is 4.79 Å². The summed E-state index contributed by atoms with van der Waals surface area (Å²) < 4.78 is 0. The van der Waals surface area contributed by atoms with Gasteiger partial charge in [0.15, 0.2) is 0 Å². The average molecular weight is 319 g/mol. The predicted octanol–water partition coefficient (Wildman–Crippen LogP) is 3.03. The van der Waals surface area contributed by atoms with Crippen molar-refractivity contribution in [1.82, 2.24) is 4.90 Å². The maximum Gasteiger partial charge on any atom is 0.240 e. The molecule has 24 heavy (non-hydrogen) atoms. The summed E-state index contributed by atoms with van der Waals surface area (Å²) in [5.74, 6) is 0.0742. The third-order valence-corrected chi connectivity index (χ3v) is 6.13. The van der Waals surface area contributed by atoms with Crippen molar-refractivity contribution in [3.63, 3.8) is 0 Å². The Morgan fingerprint density at radius 1 is 1.25 bits per heavy atom. The summed E-state index contributed by atoms with van der Waals surface area (Å²) in [6.07, 6.45) is 6.71. The lowest BCUT2D eigenvalue weighted by Gasteiger charge is -2.63. The van der Waals surface area contributed by atoms with E-state index in [1.54, 1.807) is 12.1 Å². The van der Waals surface area contributed by atoms with Gasteiger partial charge in [0.1, 0.15) is 5.92 Å². The van der Waals surface area contributed by atoms with Crippen molar-refractivity contribution in [2.24, 2.45) is 17.3 Å². The lowest BCUT2D eigenvalue weighted by atomic mass is 9.56. The molecule has 1 heterocycles. The van der Waals surface area contributed by atoms with E-state index in [2.05, 4.69) is 12.1 Å². The van der Waals surface area contributed by atoms with Gasteiger partial charge in [0.05, 0.1) is 17.7 Å². The van der Waals surface area contributed by atoms with Gasteiger partial charge >= 0.3 is 0 Å². The number of benzene rings is 1. The molecule has 1 aliphatic heterocycles. The SMILES string of the molecule is N#Cc1ccc(CC(C#N)C(=O)N2CC3(CCC3)C2C2CC2)cc1. The summed E-state index contributed by atoms with van der Waals surface area (Å²) in [7, 11) is 0. The highest BCUT2D eigenvalue weighted by Crippen LogP contribution is 2.59. The topological polar surface area (TPSA) is 67.9 Å². The number of hydrogen-bond acceptors (Lipinski definition) is 3. The molecule has 1 amide bonds. The van der Waals surface area contributed by atoms with Crippen LogP contribution in [0.5, 0.6) is 0 Å². The molecule has 1 saturated heterocycles. The van der Waals surface area contributed by atoms with Gasteiger partial charge in [-0.15, -0.1) is 0 Å². The Labute approximate surface area is 142 Å².